The van der Waals surface area contributed by atoms with Crippen molar-refractivity contribution < 1.29 is 4.74 Å². The van der Waals surface area contributed by atoms with Crippen LogP contribution in [0.15, 0.2) is 45.1 Å². The van der Waals surface area contributed by atoms with Gasteiger partial charge < -0.3 is 15.0 Å². The number of piperidine rings is 1. The highest BCUT2D eigenvalue weighted by atomic mass is 32.2. The molecule has 3 aliphatic rings. The summed E-state index contributed by atoms with van der Waals surface area (Å²) in [6.07, 6.45) is 5.25. The summed E-state index contributed by atoms with van der Waals surface area (Å²) >= 11 is 1.71. The van der Waals surface area contributed by atoms with Gasteiger partial charge in [-0.1, -0.05) is 11.8 Å². The van der Waals surface area contributed by atoms with E-state index in [0.29, 0.717) is 29.7 Å². The van der Waals surface area contributed by atoms with Crippen molar-refractivity contribution >= 4 is 22.9 Å². The van der Waals surface area contributed by atoms with Crippen molar-refractivity contribution in [3.8, 4) is 5.75 Å². The van der Waals surface area contributed by atoms with Gasteiger partial charge in [0.25, 0.3) is 11.1 Å². The summed E-state index contributed by atoms with van der Waals surface area (Å²) in [5, 5.41) is 3.64. The van der Waals surface area contributed by atoms with Crippen molar-refractivity contribution in [1.82, 2.24) is 29.3 Å². The van der Waals surface area contributed by atoms with Gasteiger partial charge in [0.1, 0.15) is 17.1 Å². The van der Waals surface area contributed by atoms with Crippen molar-refractivity contribution in [2.75, 3.05) is 25.6 Å². The van der Waals surface area contributed by atoms with Crippen molar-refractivity contribution in [3.05, 3.63) is 57.0 Å². The van der Waals surface area contributed by atoms with Crippen LogP contribution in [0, 0.1) is 0 Å². The van der Waals surface area contributed by atoms with Gasteiger partial charge in [-0.05, 0) is 38.1 Å². The Hall–Kier alpha value is -2.69. The fourth-order valence-corrected chi connectivity index (χ4v) is 5.75. The Kier molecular flexibility index (Phi) is 5.00. The van der Waals surface area contributed by atoms with E-state index in [9.17, 15) is 9.59 Å². The summed E-state index contributed by atoms with van der Waals surface area (Å²) in [4.78, 5) is 37.1. The molecule has 3 aromatic rings. The number of likely N-dealkylation sites (tertiary alicyclic amines) is 1. The Bertz CT molecular complexity index is 1290. The number of aromatic nitrogens is 4. The highest BCUT2D eigenvalue weighted by Crippen LogP contribution is 2.35. The van der Waals surface area contributed by atoms with Gasteiger partial charge >= 0.3 is 0 Å². The Morgan fingerprint density at radius 3 is 2.88 bits per heavy atom. The van der Waals surface area contributed by atoms with Crippen molar-refractivity contribution in [1.29, 1.82) is 0 Å². The molecular formula is C22H24N6O3S. The normalized spacial score (nSPS) is 20.6. The van der Waals surface area contributed by atoms with Crippen LogP contribution in [0.5, 0.6) is 5.75 Å². The maximum atomic E-state index is 12.6. The van der Waals surface area contributed by atoms with Crippen LogP contribution in [0.1, 0.15) is 24.6 Å². The van der Waals surface area contributed by atoms with E-state index in [2.05, 4.69) is 26.3 Å². The van der Waals surface area contributed by atoms with Gasteiger partial charge in [-0.25, -0.2) is 4.98 Å². The van der Waals surface area contributed by atoms with Gasteiger partial charge in [0.15, 0.2) is 5.75 Å². The molecule has 0 bridgehead atoms. The summed E-state index contributed by atoms with van der Waals surface area (Å²) in [6, 6.07) is 5.77. The lowest BCUT2D eigenvalue weighted by molar-refractivity contribution is 0.171. The third kappa shape index (κ3) is 3.52. The summed E-state index contributed by atoms with van der Waals surface area (Å²) in [5.41, 5.74) is 2.17. The van der Waals surface area contributed by atoms with Crippen LogP contribution in [-0.4, -0.2) is 55.6 Å². The number of fused-ring (bicyclic) bond motifs is 1. The van der Waals surface area contributed by atoms with Gasteiger partial charge in [0.05, 0.1) is 29.0 Å². The van der Waals surface area contributed by atoms with Crippen LogP contribution in [0.4, 0.5) is 0 Å². The predicted octanol–water partition coefficient (Wildman–Crippen LogP) is 1.20. The lowest BCUT2D eigenvalue weighted by Gasteiger charge is -2.34. The maximum absolute atomic E-state index is 12.6. The van der Waals surface area contributed by atoms with Crippen LogP contribution in [0.25, 0.3) is 11.2 Å². The third-order valence-corrected chi connectivity index (χ3v) is 7.48. The van der Waals surface area contributed by atoms with Gasteiger partial charge in [-0.2, -0.15) is 0 Å². The highest BCUT2D eigenvalue weighted by molar-refractivity contribution is 7.99. The molecule has 10 heteroatoms. The van der Waals surface area contributed by atoms with Crippen LogP contribution >= 0.6 is 11.8 Å². The van der Waals surface area contributed by atoms with E-state index < -0.39 is 0 Å². The first kappa shape index (κ1) is 20.0. The van der Waals surface area contributed by atoms with E-state index in [1.165, 1.54) is 11.1 Å². The molecule has 0 aliphatic carbocycles. The molecule has 0 saturated carbocycles. The molecule has 3 aliphatic heterocycles. The molecule has 166 valence electrons. The molecule has 1 N–H and O–H groups in total. The van der Waals surface area contributed by atoms with Crippen LogP contribution in [0.2, 0.25) is 0 Å². The second-order valence-electron chi connectivity index (χ2n) is 8.60. The molecule has 32 heavy (non-hydrogen) atoms. The minimum absolute atomic E-state index is 0.0389. The van der Waals surface area contributed by atoms with Gasteiger partial charge in [-0.15, -0.1) is 0 Å². The first-order valence-corrected chi connectivity index (χ1v) is 12.0. The number of hydrogen-bond acceptors (Lipinski definition) is 8. The van der Waals surface area contributed by atoms with E-state index in [-0.39, 0.29) is 17.2 Å². The predicted molar refractivity (Wildman–Crippen MR) is 121 cm³/mol. The number of nitrogens with zero attached hydrogens (tertiary/aromatic N) is 5. The fraction of sp³-hybridized carbons (Fsp3) is 0.455. The van der Waals surface area contributed by atoms with Crippen molar-refractivity contribution in [2.45, 2.75) is 42.9 Å². The van der Waals surface area contributed by atoms with E-state index in [1.807, 2.05) is 6.20 Å². The van der Waals surface area contributed by atoms with Crippen molar-refractivity contribution in [3.63, 3.8) is 0 Å². The molecule has 1 fully saturated rings. The first-order chi connectivity index (χ1) is 15.7. The quantitative estimate of drug-likeness (QED) is 0.617. The number of nitrogens with one attached hydrogen (secondary N) is 1. The molecule has 1 atom stereocenters. The molecule has 9 nitrogen and oxygen atoms in total. The summed E-state index contributed by atoms with van der Waals surface area (Å²) in [7, 11) is 0. The number of ether oxygens (including phenoxy) is 1. The van der Waals surface area contributed by atoms with Gasteiger partial charge in [0, 0.05) is 31.7 Å². The summed E-state index contributed by atoms with van der Waals surface area (Å²) in [6.45, 7) is 3.97. The Balaban J connectivity index is 1.07. The molecule has 0 spiro atoms. The maximum Gasteiger partial charge on any atom is 0.270 e. The smallest absolute Gasteiger partial charge is 0.270 e. The average molecular weight is 453 g/mol. The molecule has 3 aromatic heterocycles. The van der Waals surface area contributed by atoms with Crippen LogP contribution < -0.4 is 21.2 Å². The molecule has 1 saturated heterocycles. The van der Waals surface area contributed by atoms with Crippen molar-refractivity contribution in [2.24, 2.45) is 0 Å². The standard InChI is InChI=1S/C22H24N6O3S/c29-20-2-1-17-22-27(21(30)10-25-17)12-16(28(20)22)11-26-5-3-14(4-6-26)23-8-15-7-19-18(9-24-15)31-13-32-19/h1-2,7,9-10,14,16,23H,3-6,8,11-13H2/t16-/m1/s1. The monoisotopic (exact) mass is 452 g/mol. The Labute approximate surface area is 188 Å². The number of thioether (sulfide) groups is 1. The molecule has 6 heterocycles. The zero-order valence-corrected chi connectivity index (χ0v) is 18.4. The first-order valence-electron chi connectivity index (χ1n) is 11.0. The minimum atomic E-state index is -0.146. The Morgan fingerprint density at radius 1 is 1.12 bits per heavy atom. The van der Waals surface area contributed by atoms with E-state index in [1.54, 1.807) is 33.0 Å². The summed E-state index contributed by atoms with van der Waals surface area (Å²) in [5.74, 6) is 1.55. The van der Waals surface area contributed by atoms with Gasteiger partial charge in [-0.3, -0.25) is 23.7 Å². The Morgan fingerprint density at radius 2 is 2.00 bits per heavy atom. The molecule has 6 rings (SSSR count). The largest absolute Gasteiger partial charge is 0.480 e. The van der Waals surface area contributed by atoms with E-state index in [0.717, 1.165) is 50.5 Å². The lowest BCUT2D eigenvalue weighted by Crippen LogP contribution is -2.44. The molecule has 0 amide bonds. The van der Waals surface area contributed by atoms with Gasteiger partial charge in [0.2, 0.25) is 0 Å². The molecule has 0 radical (unpaired) electrons. The second-order valence-corrected chi connectivity index (χ2v) is 9.56. The third-order valence-electron chi connectivity index (χ3n) is 6.62. The number of pyridine rings is 2. The van der Waals surface area contributed by atoms with Crippen LogP contribution in [0.3, 0.4) is 0 Å². The average Bonchev–Trinajstić information content (AvgIpc) is 3.43. The highest BCUT2D eigenvalue weighted by Gasteiger charge is 2.29. The zero-order valence-electron chi connectivity index (χ0n) is 17.6. The topological polar surface area (TPSA) is 94.3 Å². The summed E-state index contributed by atoms with van der Waals surface area (Å²) < 4.78 is 8.95. The zero-order chi connectivity index (χ0) is 21.7. The lowest BCUT2D eigenvalue weighted by atomic mass is 10.0. The molecule has 0 aromatic carbocycles. The fourth-order valence-electron chi connectivity index (χ4n) is 4.97. The number of rotatable bonds is 5. The molecule has 0 unspecified atom stereocenters. The van der Waals surface area contributed by atoms with E-state index >= 15 is 0 Å². The minimum Gasteiger partial charge on any atom is -0.480 e. The second kappa shape index (κ2) is 8.02. The SMILES string of the molecule is O=c1cnc2ccc(=O)n3c2n1C[C@H]3CN1CCC(NCc2cc3c(cn2)OCS3)CC1. The van der Waals surface area contributed by atoms with Crippen LogP contribution in [-0.2, 0) is 13.1 Å². The number of hydrogen-bond donors (Lipinski definition) is 1. The molecular weight excluding hydrogens is 428 g/mol. The van der Waals surface area contributed by atoms with E-state index in [4.69, 9.17) is 4.74 Å².